The predicted molar refractivity (Wildman–Crippen MR) is 154 cm³/mol. The van der Waals surface area contributed by atoms with E-state index in [9.17, 15) is 44.7 Å². The van der Waals surface area contributed by atoms with Crippen molar-refractivity contribution in [1.82, 2.24) is 9.88 Å². The number of likely N-dealkylation sites (N-methyl/N-ethyl adjacent to an activating group) is 1. The third-order valence-electron chi connectivity index (χ3n) is 8.77. The second-order valence-corrected chi connectivity index (χ2v) is 12.2. The highest BCUT2D eigenvalue weighted by Gasteiger charge is 2.68. The molecule has 0 spiro atoms. The van der Waals surface area contributed by atoms with Crippen molar-refractivity contribution < 1.29 is 49.4 Å². The van der Waals surface area contributed by atoms with E-state index < -0.39 is 93.4 Å². The number of hydrogen-bond donors (Lipinski definition) is 7. The fourth-order valence-corrected chi connectivity index (χ4v) is 7.55. The number of amides is 1. The number of ketones is 2. The molecule has 0 aliphatic heterocycles. The number of ether oxygens (including phenoxy) is 1. The van der Waals surface area contributed by atoms with E-state index in [4.69, 9.17) is 16.2 Å². The van der Waals surface area contributed by atoms with E-state index in [2.05, 4.69) is 4.98 Å². The van der Waals surface area contributed by atoms with Gasteiger partial charge in [0.2, 0.25) is 5.78 Å². The number of aliphatic hydroxyl groups excluding tert-OH is 3. The minimum atomic E-state index is -3.02. The number of nitrogens with two attached hydrogens (primary N) is 2. The molecular weight excluding hydrogens is 596 g/mol. The molecule has 0 radical (unpaired) electrons. The maximum absolute atomic E-state index is 14.1. The number of rotatable bonds is 6. The van der Waals surface area contributed by atoms with Gasteiger partial charge in [-0.3, -0.25) is 19.3 Å². The number of esters is 1. The largest absolute Gasteiger partial charge is 0.508 e. The summed E-state index contributed by atoms with van der Waals surface area (Å²) in [4.78, 5) is 57.2. The number of thiazole rings is 1. The van der Waals surface area contributed by atoms with Crippen LogP contribution in [0.4, 0.5) is 0 Å². The summed E-state index contributed by atoms with van der Waals surface area (Å²) < 4.78 is 4.95. The molecule has 1 aromatic carbocycles. The van der Waals surface area contributed by atoms with Gasteiger partial charge in [-0.25, -0.2) is 9.78 Å². The van der Waals surface area contributed by atoms with Crippen LogP contribution in [0.3, 0.4) is 0 Å². The van der Waals surface area contributed by atoms with E-state index in [1.54, 1.807) is 19.9 Å². The lowest BCUT2D eigenvalue weighted by atomic mass is 9.54. The van der Waals surface area contributed by atoms with E-state index in [0.29, 0.717) is 5.56 Å². The fraction of sp³-hybridized carbons (Fsp3) is 0.414. The molecule has 234 valence electrons. The Balaban J connectivity index is 1.68. The summed E-state index contributed by atoms with van der Waals surface area (Å²) in [6.45, 7) is 3.41. The van der Waals surface area contributed by atoms with E-state index in [1.165, 1.54) is 30.4 Å². The molecule has 1 heterocycles. The summed E-state index contributed by atoms with van der Waals surface area (Å²) in [5, 5.41) is 59.2. The first-order valence-electron chi connectivity index (χ1n) is 13.7. The van der Waals surface area contributed by atoms with Crippen molar-refractivity contribution in [3.8, 4) is 5.75 Å². The van der Waals surface area contributed by atoms with Crippen molar-refractivity contribution in [2.45, 2.75) is 43.6 Å². The summed E-state index contributed by atoms with van der Waals surface area (Å²) >= 11 is 1.05. The summed E-state index contributed by atoms with van der Waals surface area (Å²) in [5.41, 5.74) is 7.46. The van der Waals surface area contributed by atoms with Crippen LogP contribution in [0, 0.1) is 11.8 Å². The standard InChI is InChI=1S/C29H32N4O10S/c1-5-43-28(41)12-8-44-27(32-12)18(30)11-7-6-10-9(2)13-15(21(35)14(10)20(11)34)24(38)29(42)17(22(13)36)19(33(3)4)23(37)16(25(29)39)26(31)40/h6-9,13,17-19,22,34-36,39,42H,5,30H2,1-4H3,(H2,31,40)/t9-,13?,17?,18?,19-,22?,29-/m0/s1. The first-order valence-corrected chi connectivity index (χ1v) is 14.6. The molecule has 5 rings (SSSR count). The van der Waals surface area contributed by atoms with E-state index in [-0.39, 0.29) is 28.4 Å². The van der Waals surface area contributed by atoms with Crippen LogP contribution in [-0.4, -0.2) is 97.3 Å². The van der Waals surface area contributed by atoms with Crippen LogP contribution >= 0.6 is 11.3 Å². The van der Waals surface area contributed by atoms with Crippen LogP contribution in [0.25, 0.3) is 5.76 Å². The number of benzene rings is 1. The van der Waals surface area contributed by atoms with Gasteiger partial charge >= 0.3 is 5.97 Å². The number of hydrogen-bond acceptors (Lipinski definition) is 14. The first kappa shape index (κ1) is 31.3. The molecule has 1 aromatic heterocycles. The van der Waals surface area contributed by atoms with Crippen molar-refractivity contribution in [3.05, 3.63) is 61.8 Å². The minimum absolute atomic E-state index is 0.0240. The lowest BCUT2D eigenvalue weighted by molar-refractivity contribution is -0.169. The molecule has 44 heavy (non-hydrogen) atoms. The maximum atomic E-state index is 14.1. The van der Waals surface area contributed by atoms with Gasteiger partial charge < -0.3 is 41.7 Å². The highest BCUT2D eigenvalue weighted by atomic mass is 32.1. The Labute approximate surface area is 254 Å². The van der Waals surface area contributed by atoms with Crippen molar-refractivity contribution in [2.24, 2.45) is 23.3 Å². The topological polar surface area (TPSA) is 247 Å². The molecule has 4 unspecified atom stereocenters. The Hall–Kier alpha value is -4.15. The second kappa shape index (κ2) is 10.8. The smallest absolute Gasteiger partial charge is 0.357 e. The molecule has 1 fully saturated rings. The average Bonchev–Trinajstić information content (AvgIpc) is 3.45. The Morgan fingerprint density at radius 2 is 1.86 bits per heavy atom. The van der Waals surface area contributed by atoms with Crippen molar-refractivity contribution >= 4 is 40.5 Å². The van der Waals surface area contributed by atoms with Crippen LogP contribution in [-0.2, 0) is 19.1 Å². The molecular formula is C29H32N4O10S. The Kier molecular flexibility index (Phi) is 7.66. The molecule has 14 nitrogen and oxygen atoms in total. The molecule has 2 aromatic rings. The SMILES string of the molecule is CCOC(=O)c1csc(C(N)c2ccc3c(c2O)C(O)=C2C(=O)[C@]4(O)C(O)=C(C(N)=O)C(=O)[C@@H](N(C)C)C4C(O)C2[C@H]3C)n1. The predicted octanol–water partition coefficient (Wildman–Crippen LogP) is 0.177. The monoisotopic (exact) mass is 628 g/mol. The number of aromatic hydroxyl groups is 1. The molecule has 3 aliphatic carbocycles. The number of aliphatic hydroxyl groups is 4. The molecule has 0 bridgehead atoms. The number of fused-ring (bicyclic) bond motifs is 3. The van der Waals surface area contributed by atoms with Gasteiger partial charge in [0.15, 0.2) is 17.1 Å². The summed E-state index contributed by atoms with van der Waals surface area (Å²) in [6.07, 6.45) is -1.70. The van der Waals surface area contributed by atoms with Crippen molar-refractivity contribution in [1.29, 1.82) is 0 Å². The normalized spacial score (nSPS) is 28.9. The number of carbonyl (C=O) groups is 4. The van der Waals surface area contributed by atoms with Crippen LogP contribution in [0.15, 0.2) is 34.4 Å². The number of carbonyl (C=O) groups excluding carboxylic acids is 4. The van der Waals surface area contributed by atoms with Gasteiger partial charge in [-0.2, -0.15) is 0 Å². The zero-order chi connectivity index (χ0) is 32.6. The maximum Gasteiger partial charge on any atom is 0.357 e. The third kappa shape index (κ3) is 4.18. The molecule has 7 atom stereocenters. The summed E-state index contributed by atoms with van der Waals surface area (Å²) in [7, 11) is 2.87. The Morgan fingerprint density at radius 1 is 1.20 bits per heavy atom. The lowest BCUT2D eigenvalue weighted by Crippen LogP contribution is -2.70. The third-order valence-corrected chi connectivity index (χ3v) is 9.70. The van der Waals surface area contributed by atoms with Gasteiger partial charge in [-0.15, -0.1) is 11.3 Å². The van der Waals surface area contributed by atoms with Crippen molar-refractivity contribution in [2.75, 3.05) is 20.7 Å². The molecule has 15 heteroatoms. The minimum Gasteiger partial charge on any atom is -0.508 e. The van der Waals surface area contributed by atoms with Gasteiger partial charge in [0.25, 0.3) is 5.91 Å². The number of phenolic OH excluding ortho intramolecular Hbond substituents is 1. The fourth-order valence-electron chi connectivity index (χ4n) is 6.75. The number of aromatic nitrogens is 1. The van der Waals surface area contributed by atoms with Gasteiger partial charge in [-0.1, -0.05) is 19.1 Å². The Bertz CT molecular complexity index is 1680. The average molecular weight is 629 g/mol. The highest BCUT2D eigenvalue weighted by Crippen LogP contribution is 2.56. The molecule has 3 aliphatic rings. The van der Waals surface area contributed by atoms with Gasteiger partial charge in [0, 0.05) is 22.4 Å². The van der Waals surface area contributed by atoms with Crippen LogP contribution in [0.1, 0.15) is 58.0 Å². The van der Waals surface area contributed by atoms with Crippen LogP contribution in [0.2, 0.25) is 0 Å². The lowest BCUT2D eigenvalue weighted by Gasteiger charge is -2.53. The van der Waals surface area contributed by atoms with Crippen LogP contribution < -0.4 is 11.5 Å². The van der Waals surface area contributed by atoms with E-state index in [0.717, 1.165) is 11.3 Å². The van der Waals surface area contributed by atoms with E-state index >= 15 is 0 Å². The summed E-state index contributed by atoms with van der Waals surface area (Å²) in [5.74, 6) is -10.5. The van der Waals surface area contributed by atoms with E-state index in [1.807, 2.05) is 0 Å². The second-order valence-electron chi connectivity index (χ2n) is 11.3. The number of nitrogens with zero attached hydrogens (tertiary/aromatic N) is 2. The van der Waals surface area contributed by atoms with Gasteiger partial charge in [-0.05, 0) is 32.5 Å². The zero-order valence-corrected chi connectivity index (χ0v) is 25.0. The quantitative estimate of drug-likeness (QED) is 0.167. The summed E-state index contributed by atoms with van der Waals surface area (Å²) in [6, 6.07) is 0.530. The van der Waals surface area contributed by atoms with Gasteiger partial charge in [0.1, 0.15) is 27.8 Å². The first-order chi connectivity index (χ1) is 20.6. The molecule has 1 amide bonds. The van der Waals surface area contributed by atoms with Gasteiger partial charge in [0.05, 0.1) is 36.3 Å². The Morgan fingerprint density at radius 3 is 2.45 bits per heavy atom. The van der Waals surface area contributed by atoms with Crippen molar-refractivity contribution in [3.63, 3.8) is 0 Å². The number of phenols is 1. The molecule has 0 saturated heterocycles. The highest BCUT2D eigenvalue weighted by molar-refractivity contribution is 7.10. The van der Waals surface area contributed by atoms with Crippen LogP contribution in [0.5, 0.6) is 5.75 Å². The number of primary amides is 1. The molecule has 9 N–H and O–H groups in total. The molecule has 1 saturated carbocycles. The zero-order valence-electron chi connectivity index (χ0n) is 24.1. The number of Topliss-reactive ketones (excluding diaryl/α,β-unsaturated/α-hetero) is 2.